The fourth-order valence-corrected chi connectivity index (χ4v) is 2.73. The molecule has 4 rings (SSSR count). The fourth-order valence-electron chi connectivity index (χ4n) is 2.73. The summed E-state index contributed by atoms with van der Waals surface area (Å²) in [5, 5.41) is 15.9. The number of hydrogen-bond acceptors (Lipinski definition) is 8. The quantitative estimate of drug-likeness (QED) is 0.414. The molecule has 0 amide bonds. The van der Waals surface area contributed by atoms with Gasteiger partial charge in [0, 0.05) is 11.9 Å². The number of anilines is 1. The Labute approximate surface area is 149 Å². The second kappa shape index (κ2) is 6.75. The molecule has 1 aliphatic heterocycles. The molecule has 0 spiro atoms. The van der Waals surface area contributed by atoms with Crippen molar-refractivity contribution in [2.75, 3.05) is 19.2 Å². The Balaban J connectivity index is 1.67. The van der Waals surface area contributed by atoms with E-state index in [1.54, 1.807) is 7.11 Å². The van der Waals surface area contributed by atoms with Gasteiger partial charge in [0.25, 0.3) is 0 Å². The van der Waals surface area contributed by atoms with Gasteiger partial charge in [0.15, 0.2) is 17.3 Å². The van der Waals surface area contributed by atoms with Crippen molar-refractivity contribution in [1.29, 1.82) is 0 Å². The van der Waals surface area contributed by atoms with Crippen LogP contribution in [0.15, 0.2) is 41.6 Å². The highest BCUT2D eigenvalue weighted by Gasteiger charge is 2.14. The summed E-state index contributed by atoms with van der Waals surface area (Å²) in [4.78, 5) is 8.76. The number of aromatic nitrogens is 2. The number of nitrogens with zero attached hydrogens (tertiary/aromatic N) is 3. The van der Waals surface area contributed by atoms with Crippen LogP contribution in [-0.2, 0) is 6.54 Å². The van der Waals surface area contributed by atoms with Gasteiger partial charge >= 0.3 is 0 Å². The number of methoxy groups -OCH3 is 1. The molecule has 0 saturated heterocycles. The summed E-state index contributed by atoms with van der Waals surface area (Å²) in [5.41, 5.74) is 1.73. The van der Waals surface area contributed by atoms with Gasteiger partial charge in [-0.05, 0) is 35.9 Å². The van der Waals surface area contributed by atoms with Gasteiger partial charge in [-0.3, -0.25) is 0 Å². The molecule has 0 unspecified atom stereocenters. The van der Waals surface area contributed by atoms with E-state index in [9.17, 15) is 0 Å². The molecule has 132 valence electrons. The summed E-state index contributed by atoms with van der Waals surface area (Å²) in [6.07, 6.45) is 1.19. The van der Waals surface area contributed by atoms with Gasteiger partial charge in [0.2, 0.25) is 6.79 Å². The van der Waals surface area contributed by atoms with Crippen LogP contribution >= 0.6 is 0 Å². The van der Waals surface area contributed by atoms with E-state index in [2.05, 4.69) is 20.4 Å². The van der Waals surface area contributed by atoms with E-state index in [0.29, 0.717) is 29.5 Å². The van der Waals surface area contributed by atoms with Crippen molar-refractivity contribution in [3.63, 3.8) is 0 Å². The van der Waals surface area contributed by atoms with Crippen LogP contribution in [0.1, 0.15) is 11.4 Å². The van der Waals surface area contributed by atoms with Crippen LogP contribution in [0, 0.1) is 0 Å². The third kappa shape index (κ3) is 3.04. The maximum absolute atomic E-state index is 8.79. The number of ether oxygens (including phenoxy) is 3. The van der Waals surface area contributed by atoms with E-state index < -0.39 is 0 Å². The molecule has 26 heavy (non-hydrogen) atoms. The number of oxime groups is 1. The van der Waals surface area contributed by atoms with E-state index in [1.165, 1.54) is 6.21 Å². The number of nitrogens with one attached hydrogen (secondary N) is 1. The van der Waals surface area contributed by atoms with Crippen molar-refractivity contribution in [3.8, 4) is 17.2 Å². The normalized spacial score (nSPS) is 12.7. The van der Waals surface area contributed by atoms with E-state index in [-0.39, 0.29) is 6.79 Å². The molecule has 3 aromatic rings. The van der Waals surface area contributed by atoms with Crippen molar-refractivity contribution in [2.45, 2.75) is 6.54 Å². The molecule has 8 nitrogen and oxygen atoms in total. The molecule has 2 aromatic carbocycles. The molecule has 0 fully saturated rings. The number of rotatable bonds is 5. The lowest BCUT2D eigenvalue weighted by molar-refractivity contribution is 0.174. The SMILES string of the molecule is COc1ccc2nc(/C=N\O)nc(NCc3ccc4c(c3)OCO4)c2c1. The van der Waals surface area contributed by atoms with Crippen LogP contribution in [-0.4, -0.2) is 35.3 Å². The highest BCUT2D eigenvalue weighted by Crippen LogP contribution is 2.33. The smallest absolute Gasteiger partial charge is 0.231 e. The van der Waals surface area contributed by atoms with Crippen LogP contribution in [0.4, 0.5) is 5.82 Å². The Morgan fingerprint density at radius 1 is 1.19 bits per heavy atom. The Bertz CT molecular complexity index is 990. The molecule has 0 atom stereocenters. The summed E-state index contributed by atoms with van der Waals surface area (Å²) in [5.74, 6) is 3.09. The zero-order valence-electron chi connectivity index (χ0n) is 14.0. The third-order valence-corrected chi connectivity index (χ3v) is 3.99. The second-order valence-electron chi connectivity index (χ2n) is 5.60. The van der Waals surface area contributed by atoms with E-state index >= 15 is 0 Å². The summed E-state index contributed by atoms with van der Waals surface area (Å²) in [7, 11) is 1.61. The molecule has 1 aromatic heterocycles. The van der Waals surface area contributed by atoms with Gasteiger partial charge in [-0.25, -0.2) is 9.97 Å². The molecule has 0 aliphatic carbocycles. The lowest BCUT2D eigenvalue weighted by Crippen LogP contribution is -2.06. The number of fused-ring (bicyclic) bond motifs is 2. The molecule has 8 heteroatoms. The monoisotopic (exact) mass is 352 g/mol. The molecule has 0 bridgehead atoms. The Morgan fingerprint density at radius 2 is 2.08 bits per heavy atom. The summed E-state index contributed by atoms with van der Waals surface area (Å²) < 4.78 is 16.0. The van der Waals surface area contributed by atoms with E-state index in [0.717, 1.165) is 22.4 Å². The van der Waals surface area contributed by atoms with Gasteiger partial charge < -0.3 is 24.7 Å². The zero-order valence-corrected chi connectivity index (χ0v) is 14.0. The molecule has 2 N–H and O–H groups in total. The van der Waals surface area contributed by atoms with Crippen LogP contribution in [0.2, 0.25) is 0 Å². The summed E-state index contributed by atoms with van der Waals surface area (Å²) in [6.45, 7) is 0.766. The Morgan fingerprint density at radius 3 is 2.92 bits per heavy atom. The number of hydrogen-bond donors (Lipinski definition) is 2. The Hall–Kier alpha value is -3.55. The van der Waals surface area contributed by atoms with Gasteiger partial charge in [0.05, 0.1) is 12.6 Å². The van der Waals surface area contributed by atoms with Crippen molar-refractivity contribution in [1.82, 2.24) is 9.97 Å². The Kier molecular flexibility index (Phi) is 4.14. The first-order valence-corrected chi connectivity index (χ1v) is 7.92. The predicted molar refractivity (Wildman–Crippen MR) is 95.4 cm³/mol. The van der Waals surface area contributed by atoms with Crippen LogP contribution in [0.3, 0.4) is 0 Å². The van der Waals surface area contributed by atoms with Crippen molar-refractivity contribution in [3.05, 3.63) is 47.8 Å². The largest absolute Gasteiger partial charge is 0.497 e. The number of benzene rings is 2. The van der Waals surface area contributed by atoms with Crippen LogP contribution in [0.25, 0.3) is 10.9 Å². The van der Waals surface area contributed by atoms with Gasteiger partial charge in [-0.1, -0.05) is 11.2 Å². The highest BCUT2D eigenvalue weighted by molar-refractivity contribution is 5.92. The van der Waals surface area contributed by atoms with Crippen molar-refractivity contribution < 1.29 is 19.4 Å². The standard InChI is InChI=1S/C18H16N4O4/c1-24-12-3-4-14-13(7-12)18(22-17(21-14)9-20-23)19-8-11-2-5-15-16(6-11)26-10-25-15/h2-7,9,23H,8,10H2,1H3,(H,19,21,22)/b20-9-. The maximum Gasteiger partial charge on any atom is 0.231 e. The average molecular weight is 352 g/mol. The predicted octanol–water partition coefficient (Wildman–Crippen LogP) is 2.79. The minimum absolute atomic E-state index is 0.242. The lowest BCUT2D eigenvalue weighted by atomic mass is 10.2. The minimum atomic E-state index is 0.242. The van der Waals surface area contributed by atoms with Gasteiger partial charge in [-0.15, -0.1) is 0 Å². The summed E-state index contributed by atoms with van der Waals surface area (Å²) in [6, 6.07) is 11.3. The van der Waals surface area contributed by atoms with Crippen molar-refractivity contribution >= 4 is 22.9 Å². The van der Waals surface area contributed by atoms with Crippen molar-refractivity contribution in [2.24, 2.45) is 5.16 Å². The summed E-state index contributed by atoms with van der Waals surface area (Å²) >= 11 is 0. The molecule has 2 heterocycles. The van der Waals surface area contributed by atoms with Crippen LogP contribution in [0.5, 0.6) is 17.2 Å². The second-order valence-corrected chi connectivity index (χ2v) is 5.60. The lowest BCUT2D eigenvalue weighted by Gasteiger charge is -2.11. The van der Waals surface area contributed by atoms with Gasteiger partial charge in [0.1, 0.15) is 17.8 Å². The van der Waals surface area contributed by atoms with Gasteiger partial charge in [-0.2, -0.15) is 0 Å². The van der Waals surface area contributed by atoms with Crippen LogP contribution < -0.4 is 19.5 Å². The zero-order chi connectivity index (χ0) is 17.9. The van der Waals surface area contributed by atoms with E-state index in [1.807, 2.05) is 36.4 Å². The molecular weight excluding hydrogens is 336 g/mol. The van der Waals surface area contributed by atoms with E-state index in [4.69, 9.17) is 19.4 Å². The first-order chi connectivity index (χ1) is 12.8. The molecule has 0 saturated carbocycles. The average Bonchev–Trinajstić information content (AvgIpc) is 3.14. The maximum atomic E-state index is 8.79. The molecule has 1 aliphatic rings. The first kappa shape index (κ1) is 15.9. The molecular formula is C18H16N4O4. The topological polar surface area (TPSA) is 98.1 Å². The highest BCUT2D eigenvalue weighted by atomic mass is 16.7. The fraction of sp³-hybridized carbons (Fsp3) is 0.167. The third-order valence-electron chi connectivity index (χ3n) is 3.99. The first-order valence-electron chi connectivity index (χ1n) is 7.92. The molecule has 0 radical (unpaired) electrons. The minimum Gasteiger partial charge on any atom is -0.497 e.